The molecular formula is C22H23F3N6O. The average Bonchev–Trinajstić information content (AvgIpc) is 3.13. The van der Waals surface area contributed by atoms with Crippen molar-refractivity contribution in [1.29, 1.82) is 0 Å². The number of carbonyl (C=O) groups is 1. The van der Waals surface area contributed by atoms with Crippen molar-refractivity contribution in [3.8, 4) is 5.69 Å². The van der Waals surface area contributed by atoms with Gasteiger partial charge in [0.15, 0.2) is 17.4 Å². The third-order valence-electron chi connectivity index (χ3n) is 5.57. The van der Waals surface area contributed by atoms with E-state index in [1.807, 2.05) is 11.5 Å². The van der Waals surface area contributed by atoms with Gasteiger partial charge in [-0.3, -0.25) is 9.36 Å². The minimum absolute atomic E-state index is 0.0305. The van der Waals surface area contributed by atoms with E-state index in [4.69, 9.17) is 4.98 Å². The van der Waals surface area contributed by atoms with Gasteiger partial charge in [-0.1, -0.05) is 19.1 Å². The van der Waals surface area contributed by atoms with E-state index in [2.05, 4.69) is 40.9 Å². The number of rotatable bonds is 5. The van der Waals surface area contributed by atoms with E-state index < -0.39 is 11.7 Å². The molecule has 3 heterocycles. The third kappa shape index (κ3) is 3.74. The van der Waals surface area contributed by atoms with Gasteiger partial charge in [0.2, 0.25) is 0 Å². The van der Waals surface area contributed by atoms with Crippen LogP contribution in [0.15, 0.2) is 30.5 Å². The number of hydrogen-bond acceptors (Lipinski definition) is 6. The fourth-order valence-electron chi connectivity index (χ4n) is 4.07. The minimum Gasteiger partial charge on any atom is -0.342 e. The lowest BCUT2D eigenvalue weighted by molar-refractivity contribution is -0.137. The first-order chi connectivity index (χ1) is 15.1. The first-order valence-electron chi connectivity index (χ1n) is 10.4. The fourth-order valence-corrected chi connectivity index (χ4v) is 4.07. The summed E-state index contributed by atoms with van der Waals surface area (Å²) in [5, 5.41) is 8.58. The first-order valence-corrected chi connectivity index (χ1v) is 10.4. The molecule has 1 aliphatic heterocycles. The largest absolute Gasteiger partial charge is 0.416 e. The van der Waals surface area contributed by atoms with Gasteiger partial charge in [0.05, 0.1) is 24.2 Å². The molecule has 0 fully saturated rings. The van der Waals surface area contributed by atoms with E-state index >= 15 is 0 Å². The SMILES string of the molecule is CC[C@@H]1c2nnc(C)n2-c2cnc(CC(=O)c3ccc(C(F)(F)F)cc3)nc2N1C(C)C. The Kier molecular flexibility index (Phi) is 5.47. The monoisotopic (exact) mass is 444 g/mol. The molecule has 7 nitrogen and oxygen atoms in total. The summed E-state index contributed by atoms with van der Waals surface area (Å²) in [6.07, 6.45) is -2.12. The number of Topliss-reactive ketones (excluding diaryl/α,β-unsaturated/α-hetero) is 1. The maximum atomic E-state index is 12.8. The summed E-state index contributed by atoms with van der Waals surface area (Å²) in [5.41, 5.74) is 0.132. The van der Waals surface area contributed by atoms with Crippen molar-refractivity contribution in [3.63, 3.8) is 0 Å². The molecule has 0 amide bonds. The van der Waals surface area contributed by atoms with Gasteiger partial charge in [-0.2, -0.15) is 13.2 Å². The molecule has 32 heavy (non-hydrogen) atoms. The number of aromatic nitrogens is 5. The van der Waals surface area contributed by atoms with Crippen LogP contribution in [0, 0.1) is 6.92 Å². The Bertz CT molecular complexity index is 1150. The third-order valence-corrected chi connectivity index (χ3v) is 5.57. The molecule has 0 saturated carbocycles. The Morgan fingerprint density at radius 1 is 1.16 bits per heavy atom. The van der Waals surface area contributed by atoms with E-state index in [1.54, 1.807) is 6.20 Å². The number of hydrogen-bond donors (Lipinski definition) is 0. The Morgan fingerprint density at radius 2 is 1.84 bits per heavy atom. The van der Waals surface area contributed by atoms with Crippen molar-refractivity contribution in [2.24, 2.45) is 0 Å². The van der Waals surface area contributed by atoms with Crippen LogP contribution < -0.4 is 4.90 Å². The van der Waals surface area contributed by atoms with E-state index in [1.165, 1.54) is 12.1 Å². The summed E-state index contributed by atoms with van der Waals surface area (Å²) in [6.45, 7) is 8.04. The van der Waals surface area contributed by atoms with Gasteiger partial charge in [0.1, 0.15) is 17.3 Å². The number of fused-ring (bicyclic) bond motifs is 3. The molecular weight excluding hydrogens is 421 g/mol. The molecule has 2 aromatic heterocycles. The van der Waals surface area contributed by atoms with Crippen LogP contribution >= 0.6 is 0 Å². The van der Waals surface area contributed by atoms with Crippen LogP contribution in [0.25, 0.3) is 5.69 Å². The summed E-state index contributed by atoms with van der Waals surface area (Å²) in [4.78, 5) is 23.9. The summed E-state index contributed by atoms with van der Waals surface area (Å²) in [7, 11) is 0. The molecule has 4 rings (SSSR count). The van der Waals surface area contributed by atoms with Crippen LogP contribution in [-0.2, 0) is 12.6 Å². The van der Waals surface area contributed by atoms with E-state index in [9.17, 15) is 18.0 Å². The summed E-state index contributed by atoms with van der Waals surface area (Å²) >= 11 is 0. The highest BCUT2D eigenvalue weighted by molar-refractivity contribution is 5.97. The molecule has 168 valence electrons. The van der Waals surface area contributed by atoms with Crippen LogP contribution in [0.5, 0.6) is 0 Å². The van der Waals surface area contributed by atoms with Gasteiger partial charge in [-0.05, 0) is 39.3 Å². The quantitative estimate of drug-likeness (QED) is 0.540. The Balaban J connectivity index is 1.68. The van der Waals surface area contributed by atoms with Gasteiger partial charge in [-0.15, -0.1) is 10.2 Å². The Hall–Kier alpha value is -3.30. The summed E-state index contributed by atoms with van der Waals surface area (Å²) in [5.74, 6) is 2.19. The zero-order valence-corrected chi connectivity index (χ0v) is 18.2. The van der Waals surface area contributed by atoms with Crippen molar-refractivity contribution in [1.82, 2.24) is 24.7 Å². The van der Waals surface area contributed by atoms with Gasteiger partial charge in [-0.25, -0.2) is 9.97 Å². The van der Waals surface area contributed by atoms with Crippen molar-refractivity contribution >= 4 is 11.6 Å². The van der Waals surface area contributed by atoms with Crippen molar-refractivity contribution < 1.29 is 18.0 Å². The minimum atomic E-state index is -4.45. The Labute approximate surface area is 183 Å². The standard InChI is InChI=1S/C22H23F3N6O/c1-5-16-21-29-28-13(4)31(21)17-11-26-19(27-20(17)30(16)12(2)3)10-18(32)14-6-8-15(9-7-14)22(23,24)25/h6-9,11-12,16H,5,10H2,1-4H3/t16-/m1/s1. The average molecular weight is 444 g/mol. The number of alkyl halides is 3. The number of carbonyl (C=O) groups excluding carboxylic acids is 1. The first kappa shape index (κ1) is 21.9. The Morgan fingerprint density at radius 3 is 2.44 bits per heavy atom. The zero-order chi connectivity index (χ0) is 23.2. The lowest BCUT2D eigenvalue weighted by Crippen LogP contribution is -2.40. The summed E-state index contributed by atoms with van der Waals surface area (Å²) < 4.78 is 40.3. The fraction of sp³-hybridized carbons (Fsp3) is 0.409. The molecule has 0 N–H and O–H groups in total. The maximum Gasteiger partial charge on any atom is 0.416 e. The molecule has 1 aromatic carbocycles. The van der Waals surface area contributed by atoms with Crippen LogP contribution in [0.2, 0.25) is 0 Å². The molecule has 0 aliphatic carbocycles. The van der Waals surface area contributed by atoms with Crippen LogP contribution in [-0.4, -0.2) is 36.6 Å². The number of ketones is 1. The normalized spacial score (nSPS) is 15.6. The second kappa shape index (κ2) is 7.99. The van der Waals surface area contributed by atoms with Gasteiger partial charge >= 0.3 is 6.18 Å². The molecule has 0 bridgehead atoms. The molecule has 10 heteroatoms. The molecule has 0 saturated heterocycles. The predicted octanol–water partition coefficient (Wildman–Crippen LogP) is 4.49. The van der Waals surface area contributed by atoms with E-state index in [0.717, 1.165) is 35.9 Å². The highest BCUT2D eigenvalue weighted by Crippen LogP contribution is 2.39. The van der Waals surface area contributed by atoms with Crippen LogP contribution in [0.1, 0.15) is 66.6 Å². The smallest absolute Gasteiger partial charge is 0.342 e. The highest BCUT2D eigenvalue weighted by Gasteiger charge is 2.36. The number of benzene rings is 1. The topological polar surface area (TPSA) is 76.8 Å². The van der Waals surface area contributed by atoms with E-state index in [-0.39, 0.29) is 29.9 Å². The van der Waals surface area contributed by atoms with Crippen molar-refractivity contribution in [2.45, 2.75) is 58.8 Å². The second-order valence-electron chi connectivity index (χ2n) is 8.04. The predicted molar refractivity (Wildman–Crippen MR) is 112 cm³/mol. The van der Waals surface area contributed by atoms with Crippen molar-refractivity contribution in [3.05, 3.63) is 59.1 Å². The van der Waals surface area contributed by atoms with Crippen molar-refractivity contribution in [2.75, 3.05) is 4.90 Å². The van der Waals surface area contributed by atoms with Gasteiger partial charge in [0.25, 0.3) is 0 Å². The molecule has 0 radical (unpaired) electrons. The summed E-state index contributed by atoms with van der Waals surface area (Å²) in [6, 6.07) is 4.26. The molecule has 0 unspecified atom stereocenters. The lowest BCUT2D eigenvalue weighted by Gasteiger charge is -2.39. The number of halogens is 3. The zero-order valence-electron chi connectivity index (χ0n) is 18.2. The molecule has 0 spiro atoms. The number of aryl methyl sites for hydroxylation is 1. The van der Waals surface area contributed by atoms with Gasteiger partial charge in [0, 0.05) is 11.6 Å². The molecule has 1 aliphatic rings. The maximum absolute atomic E-state index is 12.8. The lowest BCUT2D eigenvalue weighted by atomic mass is 10.0. The van der Waals surface area contributed by atoms with Crippen LogP contribution in [0.3, 0.4) is 0 Å². The van der Waals surface area contributed by atoms with Gasteiger partial charge < -0.3 is 4.90 Å². The highest BCUT2D eigenvalue weighted by atomic mass is 19.4. The number of anilines is 1. The molecule has 3 aromatic rings. The van der Waals surface area contributed by atoms with E-state index in [0.29, 0.717) is 11.6 Å². The molecule has 1 atom stereocenters. The number of nitrogens with zero attached hydrogens (tertiary/aromatic N) is 6. The second-order valence-corrected chi connectivity index (χ2v) is 8.04. The van der Waals surface area contributed by atoms with Crippen LogP contribution in [0.4, 0.5) is 19.0 Å².